The highest BCUT2D eigenvalue weighted by molar-refractivity contribution is 6.28. The van der Waals surface area contributed by atoms with Gasteiger partial charge in [-0.3, -0.25) is 0 Å². The number of hydrogen-bond donors (Lipinski definition) is 1. The van der Waals surface area contributed by atoms with E-state index < -0.39 is 0 Å². The number of aromatic nitrogens is 3. The molecule has 1 aromatic heterocycles. The Kier molecular flexibility index (Phi) is 2.78. The number of halogens is 1. The summed E-state index contributed by atoms with van der Waals surface area (Å²) in [5, 5.41) is 3.25. The molecule has 0 unspecified atom stereocenters. The third-order valence-electron chi connectivity index (χ3n) is 1.93. The van der Waals surface area contributed by atoms with E-state index in [1.165, 1.54) is 6.33 Å². The van der Waals surface area contributed by atoms with E-state index in [0.717, 1.165) is 11.3 Å². The Balaban J connectivity index is 2.26. The molecule has 1 heterocycles. The topological polar surface area (TPSA) is 50.7 Å². The number of aryl methyl sites for hydroxylation is 1. The zero-order valence-electron chi connectivity index (χ0n) is 8.11. The lowest BCUT2D eigenvalue weighted by atomic mass is 10.2. The third kappa shape index (κ3) is 2.41. The monoisotopic (exact) mass is 220 g/mol. The largest absolute Gasteiger partial charge is 0.324 e. The summed E-state index contributed by atoms with van der Waals surface area (Å²) in [6.45, 7) is 2.01. The molecule has 0 saturated carbocycles. The SMILES string of the molecule is Cc1ccccc1Nc1ncnc(Cl)n1. The van der Waals surface area contributed by atoms with Gasteiger partial charge in [0.15, 0.2) is 0 Å². The first-order chi connectivity index (χ1) is 7.25. The van der Waals surface area contributed by atoms with Crippen molar-refractivity contribution in [3.8, 4) is 0 Å². The van der Waals surface area contributed by atoms with E-state index in [0.29, 0.717) is 5.95 Å². The maximum atomic E-state index is 5.65. The van der Waals surface area contributed by atoms with Crippen molar-refractivity contribution in [3.05, 3.63) is 41.4 Å². The number of nitrogens with zero attached hydrogens (tertiary/aromatic N) is 3. The molecule has 0 aliphatic heterocycles. The van der Waals surface area contributed by atoms with Crippen LogP contribution in [0.15, 0.2) is 30.6 Å². The van der Waals surface area contributed by atoms with Gasteiger partial charge in [0.1, 0.15) is 6.33 Å². The van der Waals surface area contributed by atoms with Crippen molar-refractivity contribution >= 4 is 23.2 Å². The van der Waals surface area contributed by atoms with Gasteiger partial charge in [-0.25, -0.2) is 9.97 Å². The van der Waals surface area contributed by atoms with Gasteiger partial charge in [-0.05, 0) is 30.2 Å². The van der Waals surface area contributed by atoms with Gasteiger partial charge in [-0.15, -0.1) is 0 Å². The highest BCUT2D eigenvalue weighted by atomic mass is 35.5. The fraction of sp³-hybridized carbons (Fsp3) is 0.100. The number of rotatable bonds is 2. The second kappa shape index (κ2) is 4.23. The van der Waals surface area contributed by atoms with Crippen LogP contribution < -0.4 is 5.32 Å². The molecule has 4 nitrogen and oxygen atoms in total. The van der Waals surface area contributed by atoms with Crippen LogP contribution in [-0.2, 0) is 0 Å². The molecule has 0 amide bonds. The van der Waals surface area contributed by atoms with Gasteiger partial charge in [-0.2, -0.15) is 4.98 Å². The Bertz CT molecular complexity index is 472. The van der Waals surface area contributed by atoms with Crippen LogP contribution in [0.4, 0.5) is 11.6 Å². The summed E-state index contributed by atoms with van der Waals surface area (Å²) in [6.07, 6.45) is 1.37. The summed E-state index contributed by atoms with van der Waals surface area (Å²) in [5.41, 5.74) is 2.08. The minimum atomic E-state index is 0.182. The molecule has 0 bridgehead atoms. The number of anilines is 2. The minimum Gasteiger partial charge on any atom is -0.324 e. The fourth-order valence-corrected chi connectivity index (χ4v) is 1.29. The van der Waals surface area contributed by atoms with E-state index in [9.17, 15) is 0 Å². The molecular weight excluding hydrogens is 212 g/mol. The zero-order chi connectivity index (χ0) is 10.7. The maximum absolute atomic E-state index is 5.65. The molecule has 2 rings (SSSR count). The molecule has 1 N–H and O–H groups in total. The summed E-state index contributed by atoms with van der Waals surface area (Å²) in [5.74, 6) is 0.448. The number of benzene rings is 1. The smallest absolute Gasteiger partial charge is 0.231 e. The first-order valence-electron chi connectivity index (χ1n) is 4.43. The van der Waals surface area contributed by atoms with Crippen LogP contribution in [0.25, 0.3) is 0 Å². The van der Waals surface area contributed by atoms with Crippen LogP contribution in [0.2, 0.25) is 5.28 Å². The van der Waals surface area contributed by atoms with E-state index in [1.54, 1.807) is 0 Å². The average molecular weight is 221 g/mol. The van der Waals surface area contributed by atoms with Gasteiger partial charge < -0.3 is 5.32 Å². The number of hydrogen-bond acceptors (Lipinski definition) is 4. The molecule has 2 aromatic rings. The van der Waals surface area contributed by atoms with Gasteiger partial charge >= 0.3 is 0 Å². The lowest BCUT2D eigenvalue weighted by Crippen LogP contribution is -1.99. The molecule has 0 saturated heterocycles. The Hall–Kier alpha value is -1.68. The van der Waals surface area contributed by atoms with E-state index in [4.69, 9.17) is 11.6 Å². The molecule has 0 spiro atoms. The van der Waals surface area contributed by atoms with Crippen molar-refractivity contribution < 1.29 is 0 Å². The third-order valence-corrected chi connectivity index (χ3v) is 2.12. The molecule has 1 aromatic carbocycles. The van der Waals surface area contributed by atoms with Crippen LogP contribution in [0.3, 0.4) is 0 Å². The molecular formula is C10H9ClN4. The van der Waals surface area contributed by atoms with Crippen molar-refractivity contribution in [1.29, 1.82) is 0 Å². The van der Waals surface area contributed by atoms with E-state index in [1.807, 2.05) is 31.2 Å². The van der Waals surface area contributed by atoms with Gasteiger partial charge in [-0.1, -0.05) is 18.2 Å². The van der Waals surface area contributed by atoms with Crippen LogP contribution in [0.5, 0.6) is 0 Å². The summed E-state index contributed by atoms with van der Waals surface area (Å²) in [7, 11) is 0. The van der Waals surface area contributed by atoms with Crippen molar-refractivity contribution in [3.63, 3.8) is 0 Å². The normalized spacial score (nSPS) is 10.0. The number of nitrogens with one attached hydrogen (secondary N) is 1. The van der Waals surface area contributed by atoms with Gasteiger partial charge in [0.2, 0.25) is 11.2 Å². The van der Waals surface area contributed by atoms with E-state index in [-0.39, 0.29) is 5.28 Å². The predicted molar refractivity (Wildman–Crippen MR) is 59.3 cm³/mol. The molecule has 76 valence electrons. The Morgan fingerprint density at radius 2 is 2.00 bits per heavy atom. The van der Waals surface area contributed by atoms with E-state index >= 15 is 0 Å². The molecule has 0 radical (unpaired) electrons. The van der Waals surface area contributed by atoms with Gasteiger partial charge in [0.25, 0.3) is 0 Å². The maximum Gasteiger partial charge on any atom is 0.231 e. The Morgan fingerprint density at radius 1 is 1.20 bits per heavy atom. The van der Waals surface area contributed by atoms with Crippen LogP contribution in [0, 0.1) is 6.92 Å². The van der Waals surface area contributed by atoms with Crippen molar-refractivity contribution in [2.24, 2.45) is 0 Å². The summed E-state index contributed by atoms with van der Waals surface area (Å²) in [6, 6.07) is 7.87. The first kappa shape index (κ1) is 9.86. The van der Waals surface area contributed by atoms with E-state index in [2.05, 4.69) is 20.3 Å². The zero-order valence-corrected chi connectivity index (χ0v) is 8.86. The van der Waals surface area contributed by atoms with Gasteiger partial charge in [0, 0.05) is 5.69 Å². The van der Waals surface area contributed by atoms with Crippen molar-refractivity contribution in [1.82, 2.24) is 15.0 Å². The molecule has 5 heteroatoms. The average Bonchev–Trinajstić information content (AvgIpc) is 2.22. The first-order valence-corrected chi connectivity index (χ1v) is 4.81. The Morgan fingerprint density at radius 3 is 2.73 bits per heavy atom. The lowest BCUT2D eigenvalue weighted by molar-refractivity contribution is 1.05. The van der Waals surface area contributed by atoms with Crippen molar-refractivity contribution in [2.75, 3.05) is 5.32 Å². The molecule has 15 heavy (non-hydrogen) atoms. The standard InChI is InChI=1S/C10H9ClN4/c1-7-4-2-3-5-8(7)14-10-13-6-12-9(11)15-10/h2-6H,1H3,(H,12,13,14,15). The molecule has 0 aliphatic rings. The lowest BCUT2D eigenvalue weighted by Gasteiger charge is -2.06. The summed E-state index contributed by atoms with van der Waals surface area (Å²) < 4.78 is 0. The van der Waals surface area contributed by atoms with Crippen molar-refractivity contribution in [2.45, 2.75) is 6.92 Å². The quantitative estimate of drug-likeness (QED) is 0.845. The molecule has 0 aliphatic carbocycles. The van der Waals surface area contributed by atoms with Crippen LogP contribution in [-0.4, -0.2) is 15.0 Å². The van der Waals surface area contributed by atoms with Gasteiger partial charge in [0.05, 0.1) is 0 Å². The second-order valence-corrected chi connectivity index (χ2v) is 3.36. The van der Waals surface area contributed by atoms with Crippen LogP contribution >= 0.6 is 11.6 Å². The number of para-hydroxylation sites is 1. The summed E-state index contributed by atoms with van der Waals surface area (Å²) >= 11 is 5.65. The predicted octanol–water partition coefficient (Wildman–Crippen LogP) is 2.58. The van der Waals surface area contributed by atoms with Crippen LogP contribution in [0.1, 0.15) is 5.56 Å². The second-order valence-electron chi connectivity index (χ2n) is 3.02. The summed E-state index contributed by atoms with van der Waals surface area (Å²) in [4.78, 5) is 11.6. The molecule has 0 atom stereocenters. The fourth-order valence-electron chi connectivity index (χ4n) is 1.17. The minimum absolute atomic E-state index is 0.182. The Labute approximate surface area is 92.4 Å². The molecule has 0 fully saturated rings. The highest BCUT2D eigenvalue weighted by Crippen LogP contribution is 2.17. The highest BCUT2D eigenvalue weighted by Gasteiger charge is 2.00.